The van der Waals surface area contributed by atoms with Crippen LogP contribution < -0.4 is 0 Å². The molecule has 2 heterocycles. The van der Waals surface area contributed by atoms with Crippen LogP contribution in [-0.2, 0) is 11.3 Å². The molecule has 0 aliphatic carbocycles. The fourth-order valence-corrected chi connectivity index (χ4v) is 5.00. The lowest BCUT2D eigenvalue weighted by Gasteiger charge is -2.12. The first kappa shape index (κ1) is 22.5. The quantitative estimate of drug-likeness (QED) is 0.223. The molecule has 1 fully saturated rings. The van der Waals surface area contributed by atoms with Crippen LogP contribution in [0.1, 0.15) is 16.9 Å². The third kappa shape index (κ3) is 5.20. The zero-order chi connectivity index (χ0) is 22.7. The van der Waals surface area contributed by atoms with Gasteiger partial charge in [0.05, 0.1) is 28.4 Å². The Morgan fingerprint density at radius 3 is 2.69 bits per heavy atom. The fourth-order valence-electron chi connectivity index (χ4n) is 2.81. The molecule has 0 spiro atoms. The topological polar surface area (TPSA) is 78.4 Å². The maximum atomic E-state index is 13.1. The van der Waals surface area contributed by atoms with E-state index in [2.05, 4.69) is 42.1 Å². The van der Waals surface area contributed by atoms with Crippen molar-refractivity contribution in [2.75, 3.05) is 0 Å². The Labute approximate surface area is 203 Å². The lowest BCUT2D eigenvalue weighted by atomic mass is 10.2. The third-order valence-corrected chi connectivity index (χ3v) is 6.41. The molecule has 0 unspecified atom stereocenters. The number of amidine groups is 1. The first-order valence-corrected chi connectivity index (χ1v) is 11.6. The van der Waals surface area contributed by atoms with Crippen LogP contribution in [0.4, 0.5) is 4.39 Å². The molecule has 1 aliphatic heterocycles. The van der Waals surface area contributed by atoms with E-state index in [-0.39, 0.29) is 24.0 Å². The molecule has 0 bridgehead atoms. The van der Waals surface area contributed by atoms with Gasteiger partial charge in [-0.1, -0.05) is 28.1 Å². The highest BCUT2D eigenvalue weighted by molar-refractivity contribution is 9.11. The normalized spacial score (nSPS) is 16.7. The summed E-state index contributed by atoms with van der Waals surface area (Å²) in [7, 11) is 0. The van der Waals surface area contributed by atoms with Crippen molar-refractivity contribution in [2.45, 2.75) is 6.54 Å². The number of thioether (sulfide) groups is 1. The van der Waals surface area contributed by atoms with Gasteiger partial charge < -0.3 is 9.52 Å². The lowest BCUT2D eigenvalue weighted by Crippen LogP contribution is -2.28. The molecule has 1 saturated heterocycles. The minimum Gasteiger partial charge on any atom is -0.506 e. The van der Waals surface area contributed by atoms with Gasteiger partial charge in [0.1, 0.15) is 17.3 Å². The predicted octanol–water partition coefficient (Wildman–Crippen LogP) is 6.16. The van der Waals surface area contributed by atoms with Crippen LogP contribution >= 0.6 is 43.6 Å². The van der Waals surface area contributed by atoms with Crippen molar-refractivity contribution in [3.63, 3.8) is 0 Å². The minimum atomic E-state index is -0.341. The molecule has 1 aromatic heterocycles. The SMILES string of the molecule is O=C1/C(=C/c2cc(Br)cc(Br)c2O)S/C(=N\N=C\c2ccc(F)cc2)N1Cc1ccco1. The first-order chi connectivity index (χ1) is 15.4. The second kappa shape index (κ2) is 9.85. The predicted molar refractivity (Wildman–Crippen MR) is 130 cm³/mol. The number of carbonyl (C=O) groups is 1. The highest BCUT2D eigenvalue weighted by Gasteiger charge is 2.34. The summed E-state index contributed by atoms with van der Waals surface area (Å²) in [5.74, 6) is -0.0280. The molecule has 1 N–H and O–H groups in total. The second-order valence-corrected chi connectivity index (χ2v) is 9.36. The van der Waals surface area contributed by atoms with E-state index in [4.69, 9.17) is 4.42 Å². The van der Waals surface area contributed by atoms with Gasteiger partial charge in [-0.05, 0) is 75.7 Å². The summed E-state index contributed by atoms with van der Waals surface area (Å²) in [5.41, 5.74) is 1.14. The molecule has 6 nitrogen and oxygen atoms in total. The number of carbonyl (C=O) groups excluding carboxylic acids is 1. The summed E-state index contributed by atoms with van der Waals surface area (Å²) in [6, 6.07) is 12.7. The summed E-state index contributed by atoms with van der Waals surface area (Å²) in [6.07, 6.45) is 4.60. The molecular weight excluding hydrogens is 565 g/mol. The van der Waals surface area contributed by atoms with E-state index in [0.717, 1.165) is 16.2 Å². The van der Waals surface area contributed by atoms with Crippen LogP contribution in [0.15, 0.2) is 83.3 Å². The van der Waals surface area contributed by atoms with Gasteiger partial charge >= 0.3 is 0 Å². The Balaban J connectivity index is 1.66. The number of benzene rings is 2. The maximum absolute atomic E-state index is 13.1. The van der Waals surface area contributed by atoms with Crippen LogP contribution in [0.25, 0.3) is 6.08 Å². The van der Waals surface area contributed by atoms with Crippen molar-refractivity contribution < 1.29 is 18.7 Å². The number of phenols is 1. The summed E-state index contributed by atoms with van der Waals surface area (Å²) in [6.45, 7) is 0.176. The summed E-state index contributed by atoms with van der Waals surface area (Å²) < 4.78 is 19.7. The number of phenolic OH excluding ortho intramolecular Hbond substituents is 1. The zero-order valence-corrected chi connectivity index (χ0v) is 20.2. The number of amides is 1. The number of hydrogen-bond donors (Lipinski definition) is 1. The Morgan fingerprint density at radius 1 is 1.19 bits per heavy atom. The monoisotopic (exact) mass is 577 g/mol. The molecule has 32 heavy (non-hydrogen) atoms. The molecule has 1 amide bonds. The number of hydrogen-bond acceptors (Lipinski definition) is 6. The summed E-state index contributed by atoms with van der Waals surface area (Å²) in [4.78, 5) is 14.9. The fraction of sp³-hybridized carbons (Fsp3) is 0.0455. The molecule has 10 heteroatoms. The van der Waals surface area contributed by atoms with E-state index in [9.17, 15) is 14.3 Å². The van der Waals surface area contributed by atoms with Crippen molar-refractivity contribution >= 4 is 67.0 Å². The number of aromatic hydroxyl groups is 1. The van der Waals surface area contributed by atoms with E-state index < -0.39 is 0 Å². The van der Waals surface area contributed by atoms with Gasteiger partial charge in [-0.25, -0.2) is 4.39 Å². The van der Waals surface area contributed by atoms with Crippen LogP contribution in [0.3, 0.4) is 0 Å². The molecular formula is C22H14Br2FN3O3S. The second-order valence-electron chi connectivity index (χ2n) is 6.59. The van der Waals surface area contributed by atoms with Crippen LogP contribution in [0, 0.1) is 5.82 Å². The number of rotatable bonds is 5. The molecule has 162 valence electrons. The molecule has 3 aromatic rings. The van der Waals surface area contributed by atoms with Gasteiger partial charge in [0.2, 0.25) is 0 Å². The van der Waals surface area contributed by atoms with E-state index in [1.54, 1.807) is 42.5 Å². The molecule has 0 saturated carbocycles. The Kier molecular flexibility index (Phi) is 6.92. The van der Waals surface area contributed by atoms with Gasteiger partial charge in [0.25, 0.3) is 5.91 Å². The Hall–Kier alpha value is -2.69. The van der Waals surface area contributed by atoms with E-state index in [1.165, 1.54) is 29.5 Å². The molecule has 2 aromatic carbocycles. The van der Waals surface area contributed by atoms with Crippen molar-refractivity contribution in [1.29, 1.82) is 0 Å². The van der Waals surface area contributed by atoms with Gasteiger partial charge in [0, 0.05) is 10.0 Å². The van der Waals surface area contributed by atoms with Crippen molar-refractivity contribution in [3.05, 3.63) is 91.3 Å². The third-order valence-electron chi connectivity index (χ3n) is 4.35. The van der Waals surface area contributed by atoms with Crippen LogP contribution in [-0.4, -0.2) is 27.3 Å². The average Bonchev–Trinajstić information content (AvgIpc) is 3.37. The standard InChI is InChI=1S/C22H14Br2FN3O3S/c23-15-8-14(20(29)18(24)10-15)9-19-21(30)28(12-17-2-1-7-31-17)22(32-19)27-26-11-13-3-5-16(25)6-4-13/h1-11,29H,12H2/b19-9-,26-11+,27-22-. The Morgan fingerprint density at radius 2 is 1.97 bits per heavy atom. The summed E-state index contributed by atoms with van der Waals surface area (Å²) in [5, 5.41) is 19.0. The van der Waals surface area contributed by atoms with Crippen LogP contribution in [0.5, 0.6) is 5.75 Å². The van der Waals surface area contributed by atoms with Gasteiger partial charge in [-0.2, -0.15) is 5.10 Å². The highest BCUT2D eigenvalue weighted by atomic mass is 79.9. The molecule has 1 aliphatic rings. The smallest absolute Gasteiger partial charge is 0.267 e. The van der Waals surface area contributed by atoms with Gasteiger partial charge in [0.15, 0.2) is 5.17 Å². The molecule has 0 radical (unpaired) electrons. The first-order valence-electron chi connectivity index (χ1n) is 9.19. The lowest BCUT2D eigenvalue weighted by molar-refractivity contribution is -0.122. The number of nitrogens with zero attached hydrogens (tertiary/aromatic N) is 3. The molecule has 0 atom stereocenters. The van der Waals surface area contributed by atoms with Crippen molar-refractivity contribution in [3.8, 4) is 5.75 Å². The average molecular weight is 579 g/mol. The minimum absolute atomic E-state index is 0.0198. The van der Waals surface area contributed by atoms with E-state index in [0.29, 0.717) is 31.4 Å². The van der Waals surface area contributed by atoms with Crippen molar-refractivity contribution in [2.24, 2.45) is 10.2 Å². The van der Waals surface area contributed by atoms with Gasteiger partial charge in [-0.3, -0.25) is 9.69 Å². The number of halogens is 3. The van der Waals surface area contributed by atoms with E-state index in [1.807, 2.05) is 0 Å². The molecule has 4 rings (SSSR count). The highest BCUT2D eigenvalue weighted by Crippen LogP contribution is 2.38. The zero-order valence-electron chi connectivity index (χ0n) is 16.2. The maximum Gasteiger partial charge on any atom is 0.267 e. The number of furan rings is 1. The Bertz CT molecular complexity index is 1240. The van der Waals surface area contributed by atoms with Crippen LogP contribution in [0.2, 0.25) is 0 Å². The van der Waals surface area contributed by atoms with Gasteiger partial charge in [-0.15, -0.1) is 5.10 Å². The largest absolute Gasteiger partial charge is 0.506 e. The summed E-state index contributed by atoms with van der Waals surface area (Å²) >= 11 is 7.81. The van der Waals surface area contributed by atoms with E-state index >= 15 is 0 Å². The van der Waals surface area contributed by atoms with Crippen molar-refractivity contribution in [1.82, 2.24) is 4.90 Å².